The second kappa shape index (κ2) is 3.37. The molecular formula is C9H12NO. The first-order chi connectivity index (χ1) is 5.24. The fourth-order valence-corrected chi connectivity index (χ4v) is 0.915. The summed E-state index contributed by atoms with van der Waals surface area (Å²) in [7, 11) is 0. The molecule has 2 heteroatoms. The monoisotopic (exact) mass is 150 g/mol. The number of pyridine rings is 1. The van der Waals surface area contributed by atoms with Gasteiger partial charge in [-0.1, -0.05) is 0 Å². The standard InChI is InChI=1S/C9H12NO/c1-4-11-9-6-5-7(2)10-8(9)3/h6H,4H2,1-3H3. The SMILES string of the molecule is CCOc1c[c]c(C)nc1C. The maximum Gasteiger partial charge on any atom is 0.141 e. The molecular weight excluding hydrogens is 138 g/mol. The van der Waals surface area contributed by atoms with Crippen LogP contribution in [0.3, 0.4) is 0 Å². The van der Waals surface area contributed by atoms with E-state index in [1.807, 2.05) is 26.8 Å². The third kappa shape index (κ3) is 1.93. The zero-order chi connectivity index (χ0) is 8.27. The van der Waals surface area contributed by atoms with E-state index in [2.05, 4.69) is 11.1 Å². The minimum atomic E-state index is 0.680. The van der Waals surface area contributed by atoms with Gasteiger partial charge in [-0.25, -0.2) is 0 Å². The van der Waals surface area contributed by atoms with E-state index in [1.54, 1.807) is 0 Å². The van der Waals surface area contributed by atoms with Crippen LogP contribution < -0.4 is 4.74 Å². The Morgan fingerprint density at radius 2 is 2.27 bits per heavy atom. The van der Waals surface area contributed by atoms with Crippen molar-refractivity contribution in [1.29, 1.82) is 0 Å². The molecule has 0 saturated carbocycles. The molecule has 1 heterocycles. The van der Waals surface area contributed by atoms with E-state index in [0.717, 1.165) is 17.1 Å². The summed E-state index contributed by atoms with van der Waals surface area (Å²) in [5.74, 6) is 0.832. The second-order valence-corrected chi connectivity index (χ2v) is 2.37. The Hall–Kier alpha value is -1.05. The van der Waals surface area contributed by atoms with Crippen molar-refractivity contribution in [2.75, 3.05) is 6.61 Å². The molecule has 0 aliphatic carbocycles. The van der Waals surface area contributed by atoms with Crippen LogP contribution in [0.25, 0.3) is 0 Å². The summed E-state index contributed by atoms with van der Waals surface area (Å²) >= 11 is 0. The predicted molar refractivity (Wildman–Crippen MR) is 43.7 cm³/mol. The van der Waals surface area contributed by atoms with Crippen molar-refractivity contribution in [3.05, 3.63) is 23.5 Å². The highest BCUT2D eigenvalue weighted by Crippen LogP contribution is 2.14. The smallest absolute Gasteiger partial charge is 0.141 e. The summed E-state index contributed by atoms with van der Waals surface area (Å²) in [4.78, 5) is 4.21. The van der Waals surface area contributed by atoms with Crippen LogP contribution in [0.1, 0.15) is 18.3 Å². The van der Waals surface area contributed by atoms with Crippen LogP contribution in [0.15, 0.2) is 6.07 Å². The molecule has 0 atom stereocenters. The Bertz CT molecular complexity index is 245. The third-order valence-corrected chi connectivity index (χ3v) is 1.40. The first-order valence-electron chi connectivity index (χ1n) is 3.72. The number of hydrogen-bond donors (Lipinski definition) is 0. The van der Waals surface area contributed by atoms with E-state index in [1.165, 1.54) is 0 Å². The molecule has 59 valence electrons. The first-order valence-corrected chi connectivity index (χ1v) is 3.72. The summed E-state index contributed by atoms with van der Waals surface area (Å²) < 4.78 is 5.30. The molecule has 1 rings (SSSR count). The van der Waals surface area contributed by atoms with Crippen LogP contribution in [0.5, 0.6) is 5.75 Å². The van der Waals surface area contributed by atoms with Crippen molar-refractivity contribution in [1.82, 2.24) is 4.98 Å². The molecule has 0 aromatic carbocycles. The first kappa shape index (κ1) is 8.05. The number of aromatic nitrogens is 1. The number of ether oxygens (including phenoxy) is 1. The molecule has 0 N–H and O–H groups in total. The number of aryl methyl sites for hydroxylation is 2. The zero-order valence-corrected chi connectivity index (χ0v) is 7.14. The minimum absolute atomic E-state index is 0.680. The lowest BCUT2D eigenvalue weighted by molar-refractivity contribution is 0.336. The van der Waals surface area contributed by atoms with Crippen LogP contribution in [-0.2, 0) is 0 Å². The second-order valence-electron chi connectivity index (χ2n) is 2.37. The van der Waals surface area contributed by atoms with Crippen molar-refractivity contribution in [3.63, 3.8) is 0 Å². The molecule has 1 radical (unpaired) electrons. The molecule has 0 spiro atoms. The lowest BCUT2D eigenvalue weighted by atomic mass is 10.3. The van der Waals surface area contributed by atoms with Gasteiger partial charge in [0.25, 0.3) is 0 Å². The van der Waals surface area contributed by atoms with Gasteiger partial charge in [0.2, 0.25) is 0 Å². The van der Waals surface area contributed by atoms with Gasteiger partial charge in [-0.3, -0.25) is 4.98 Å². The number of hydrogen-bond acceptors (Lipinski definition) is 2. The van der Waals surface area contributed by atoms with Crippen LogP contribution in [0, 0.1) is 19.9 Å². The molecule has 0 aliphatic rings. The predicted octanol–water partition coefficient (Wildman–Crippen LogP) is 1.90. The zero-order valence-electron chi connectivity index (χ0n) is 7.14. The van der Waals surface area contributed by atoms with Crippen LogP contribution in [0.2, 0.25) is 0 Å². The molecule has 0 unspecified atom stereocenters. The Morgan fingerprint density at radius 3 is 2.82 bits per heavy atom. The Balaban J connectivity index is 2.90. The molecule has 0 aliphatic heterocycles. The lowest BCUT2D eigenvalue weighted by Crippen LogP contribution is -1.96. The van der Waals surface area contributed by atoms with Gasteiger partial charge in [0.05, 0.1) is 12.3 Å². The fraction of sp³-hybridized carbons (Fsp3) is 0.444. The van der Waals surface area contributed by atoms with Crippen LogP contribution in [-0.4, -0.2) is 11.6 Å². The molecule has 0 fully saturated rings. The summed E-state index contributed by atoms with van der Waals surface area (Å²) in [5, 5.41) is 0. The van der Waals surface area contributed by atoms with E-state index in [-0.39, 0.29) is 0 Å². The van der Waals surface area contributed by atoms with Crippen molar-refractivity contribution >= 4 is 0 Å². The fourth-order valence-electron chi connectivity index (χ4n) is 0.915. The highest BCUT2D eigenvalue weighted by Gasteiger charge is 1.98. The lowest BCUT2D eigenvalue weighted by Gasteiger charge is -2.05. The van der Waals surface area contributed by atoms with Gasteiger partial charge in [-0.15, -0.1) is 0 Å². The summed E-state index contributed by atoms with van der Waals surface area (Å²) in [5.41, 5.74) is 1.84. The Kier molecular flexibility index (Phi) is 2.47. The highest BCUT2D eigenvalue weighted by molar-refractivity contribution is 5.26. The molecule has 1 aromatic heterocycles. The van der Waals surface area contributed by atoms with Gasteiger partial charge < -0.3 is 4.74 Å². The summed E-state index contributed by atoms with van der Waals surface area (Å²) in [6, 6.07) is 4.82. The molecule has 11 heavy (non-hydrogen) atoms. The Labute approximate surface area is 67.2 Å². The van der Waals surface area contributed by atoms with Crippen molar-refractivity contribution < 1.29 is 4.74 Å². The van der Waals surface area contributed by atoms with Gasteiger partial charge in [0.15, 0.2) is 0 Å². The van der Waals surface area contributed by atoms with E-state index >= 15 is 0 Å². The molecule has 2 nitrogen and oxygen atoms in total. The molecule has 1 aromatic rings. The Morgan fingerprint density at radius 1 is 1.55 bits per heavy atom. The topological polar surface area (TPSA) is 22.1 Å². The van der Waals surface area contributed by atoms with Crippen LogP contribution >= 0.6 is 0 Å². The van der Waals surface area contributed by atoms with E-state index in [4.69, 9.17) is 4.74 Å². The maximum atomic E-state index is 5.30. The van der Waals surface area contributed by atoms with E-state index in [9.17, 15) is 0 Å². The number of rotatable bonds is 2. The summed E-state index contributed by atoms with van der Waals surface area (Å²) in [6.45, 7) is 6.49. The minimum Gasteiger partial charge on any atom is -0.492 e. The van der Waals surface area contributed by atoms with Gasteiger partial charge in [0.1, 0.15) is 5.75 Å². The van der Waals surface area contributed by atoms with Gasteiger partial charge in [0, 0.05) is 11.8 Å². The normalized spacial score (nSPS) is 9.73. The van der Waals surface area contributed by atoms with Crippen LogP contribution in [0.4, 0.5) is 0 Å². The summed E-state index contributed by atoms with van der Waals surface area (Å²) in [6.07, 6.45) is 0. The van der Waals surface area contributed by atoms with Gasteiger partial charge in [-0.2, -0.15) is 0 Å². The van der Waals surface area contributed by atoms with E-state index in [0.29, 0.717) is 6.61 Å². The molecule has 0 amide bonds. The van der Waals surface area contributed by atoms with Gasteiger partial charge >= 0.3 is 0 Å². The van der Waals surface area contributed by atoms with Crippen molar-refractivity contribution in [2.24, 2.45) is 0 Å². The van der Waals surface area contributed by atoms with Crippen molar-refractivity contribution in [3.8, 4) is 5.75 Å². The molecule has 0 saturated heterocycles. The highest BCUT2D eigenvalue weighted by atomic mass is 16.5. The van der Waals surface area contributed by atoms with Crippen molar-refractivity contribution in [2.45, 2.75) is 20.8 Å². The number of nitrogens with zero attached hydrogens (tertiary/aromatic N) is 1. The average Bonchev–Trinajstić information content (AvgIpc) is 1.95. The van der Waals surface area contributed by atoms with Gasteiger partial charge in [-0.05, 0) is 26.8 Å². The third-order valence-electron chi connectivity index (χ3n) is 1.40. The largest absolute Gasteiger partial charge is 0.492 e. The quantitative estimate of drug-likeness (QED) is 0.642. The van der Waals surface area contributed by atoms with E-state index < -0.39 is 0 Å². The molecule has 0 bridgehead atoms. The maximum absolute atomic E-state index is 5.30. The average molecular weight is 150 g/mol.